The van der Waals surface area contributed by atoms with Gasteiger partial charge in [-0.25, -0.2) is 9.78 Å². The van der Waals surface area contributed by atoms with Gasteiger partial charge in [0.15, 0.2) is 5.69 Å². The number of nitrogens with two attached hydrogens (primary N) is 1. The molecule has 0 amide bonds. The van der Waals surface area contributed by atoms with Crippen LogP contribution in [0.2, 0.25) is 0 Å². The highest BCUT2D eigenvalue weighted by Gasteiger charge is 2.19. The molecule has 1 aromatic rings. The van der Waals surface area contributed by atoms with Gasteiger partial charge in [-0.1, -0.05) is 6.92 Å². The monoisotopic (exact) mass is 294 g/mol. The minimum absolute atomic E-state index is 0.0849. The standard InChI is InChI=1S/C14H22N4O3/c1-3-18-6-7-21-10(9-18)8-16-13-11(15)4-5-12(17-13)14(19)20-2/h4-5,10H,3,6-9,15H2,1-2H3,(H,16,17). The van der Waals surface area contributed by atoms with Crippen molar-refractivity contribution in [1.29, 1.82) is 0 Å². The van der Waals surface area contributed by atoms with Crippen LogP contribution < -0.4 is 11.1 Å². The van der Waals surface area contributed by atoms with Crippen LogP contribution in [0.1, 0.15) is 17.4 Å². The molecule has 2 heterocycles. The third-order valence-corrected chi connectivity index (χ3v) is 3.49. The Morgan fingerprint density at radius 1 is 1.62 bits per heavy atom. The number of rotatable bonds is 5. The number of carbonyl (C=O) groups excluding carboxylic acids is 1. The molecule has 7 heteroatoms. The summed E-state index contributed by atoms with van der Waals surface area (Å²) in [7, 11) is 1.32. The number of morpholine rings is 1. The lowest BCUT2D eigenvalue weighted by atomic mass is 10.2. The van der Waals surface area contributed by atoms with Crippen LogP contribution in [0.4, 0.5) is 11.5 Å². The second-order valence-electron chi connectivity index (χ2n) is 4.89. The average molecular weight is 294 g/mol. The van der Waals surface area contributed by atoms with E-state index in [-0.39, 0.29) is 11.8 Å². The quantitative estimate of drug-likeness (QED) is 0.768. The summed E-state index contributed by atoms with van der Waals surface area (Å²) < 4.78 is 10.4. The van der Waals surface area contributed by atoms with Gasteiger partial charge < -0.3 is 20.5 Å². The molecule has 3 N–H and O–H groups in total. The van der Waals surface area contributed by atoms with Crippen LogP contribution in [0.3, 0.4) is 0 Å². The number of nitrogen functional groups attached to an aromatic ring is 1. The Bertz CT molecular complexity index is 495. The number of anilines is 2. The third kappa shape index (κ3) is 4.05. The zero-order valence-corrected chi connectivity index (χ0v) is 12.5. The molecule has 0 spiro atoms. The third-order valence-electron chi connectivity index (χ3n) is 3.49. The number of ether oxygens (including phenoxy) is 2. The van der Waals surface area contributed by atoms with Gasteiger partial charge in [-0.3, -0.25) is 4.90 Å². The summed E-state index contributed by atoms with van der Waals surface area (Å²) in [5, 5.41) is 3.15. The molecule has 2 rings (SSSR count). The molecule has 1 atom stereocenters. The van der Waals surface area contributed by atoms with Gasteiger partial charge in [0, 0.05) is 19.6 Å². The van der Waals surface area contributed by atoms with Crippen LogP contribution >= 0.6 is 0 Å². The van der Waals surface area contributed by atoms with Crippen LogP contribution in [0.5, 0.6) is 0 Å². The Morgan fingerprint density at radius 2 is 2.43 bits per heavy atom. The summed E-state index contributed by atoms with van der Waals surface area (Å²) in [4.78, 5) is 18.0. The zero-order valence-electron chi connectivity index (χ0n) is 12.5. The maximum atomic E-state index is 11.5. The summed E-state index contributed by atoms with van der Waals surface area (Å²) >= 11 is 0. The zero-order chi connectivity index (χ0) is 15.2. The predicted molar refractivity (Wildman–Crippen MR) is 80.3 cm³/mol. The van der Waals surface area contributed by atoms with E-state index < -0.39 is 5.97 Å². The highest BCUT2D eigenvalue weighted by Crippen LogP contribution is 2.17. The van der Waals surface area contributed by atoms with Gasteiger partial charge in [-0.15, -0.1) is 0 Å². The first-order chi connectivity index (χ1) is 10.1. The molecule has 0 aromatic carbocycles. The van der Waals surface area contributed by atoms with E-state index in [1.807, 2.05) is 0 Å². The van der Waals surface area contributed by atoms with Gasteiger partial charge in [0.25, 0.3) is 0 Å². The van der Waals surface area contributed by atoms with Crippen LogP contribution in [0, 0.1) is 0 Å². The fraction of sp³-hybridized carbons (Fsp3) is 0.571. The molecule has 0 radical (unpaired) electrons. The van der Waals surface area contributed by atoms with E-state index in [9.17, 15) is 4.79 Å². The fourth-order valence-corrected chi connectivity index (χ4v) is 2.23. The van der Waals surface area contributed by atoms with Crippen molar-refractivity contribution in [2.45, 2.75) is 13.0 Å². The highest BCUT2D eigenvalue weighted by atomic mass is 16.5. The molecule has 0 aliphatic carbocycles. The van der Waals surface area contributed by atoms with E-state index in [1.54, 1.807) is 12.1 Å². The number of nitrogens with one attached hydrogen (secondary N) is 1. The van der Waals surface area contributed by atoms with Gasteiger partial charge in [0.2, 0.25) is 0 Å². The Hall–Kier alpha value is -1.86. The lowest BCUT2D eigenvalue weighted by Crippen LogP contribution is -2.45. The number of aromatic nitrogens is 1. The lowest BCUT2D eigenvalue weighted by molar-refractivity contribution is -0.0192. The van der Waals surface area contributed by atoms with Gasteiger partial charge in [-0.2, -0.15) is 0 Å². The predicted octanol–water partition coefficient (Wildman–Crippen LogP) is 0.583. The largest absolute Gasteiger partial charge is 0.464 e. The number of pyridine rings is 1. The first-order valence-corrected chi connectivity index (χ1v) is 7.06. The summed E-state index contributed by atoms with van der Waals surface area (Å²) in [5.74, 6) is -0.000698. The molecule has 21 heavy (non-hydrogen) atoms. The number of methoxy groups -OCH3 is 1. The summed E-state index contributed by atoms with van der Waals surface area (Å²) in [6, 6.07) is 3.18. The van der Waals surface area contributed by atoms with Crippen molar-refractivity contribution in [2.24, 2.45) is 0 Å². The molecular weight excluding hydrogens is 272 g/mol. The first kappa shape index (κ1) is 15.5. The molecule has 1 unspecified atom stereocenters. The summed E-state index contributed by atoms with van der Waals surface area (Å²) in [5.41, 5.74) is 6.59. The Kier molecular flexibility index (Phi) is 5.35. The average Bonchev–Trinajstić information content (AvgIpc) is 2.53. The SMILES string of the molecule is CCN1CCOC(CNc2nc(C(=O)OC)ccc2N)C1. The van der Waals surface area contributed by atoms with E-state index in [4.69, 9.17) is 10.5 Å². The molecule has 1 aromatic heterocycles. The van der Waals surface area contributed by atoms with Crippen molar-refractivity contribution >= 4 is 17.5 Å². The number of likely N-dealkylation sites (N-methyl/N-ethyl adjacent to an activating group) is 1. The van der Waals surface area contributed by atoms with Gasteiger partial charge in [0.05, 0.1) is 25.5 Å². The van der Waals surface area contributed by atoms with E-state index >= 15 is 0 Å². The molecule has 1 aliphatic heterocycles. The van der Waals surface area contributed by atoms with Crippen molar-refractivity contribution < 1.29 is 14.3 Å². The maximum Gasteiger partial charge on any atom is 0.356 e. The number of esters is 1. The number of nitrogens with zero attached hydrogens (tertiary/aromatic N) is 2. The highest BCUT2D eigenvalue weighted by molar-refractivity contribution is 5.88. The van der Waals surface area contributed by atoms with E-state index in [0.29, 0.717) is 18.1 Å². The van der Waals surface area contributed by atoms with Gasteiger partial charge in [-0.05, 0) is 18.7 Å². The van der Waals surface area contributed by atoms with Crippen LogP contribution in [-0.4, -0.2) is 61.9 Å². The number of hydrogen-bond donors (Lipinski definition) is 2. The minimum Gasteiger partial charge on any atom is -0.464 e. The number of carbonyl (C=O) groups is 1. The second-order valence-corrected chi connectivity index (χ2v) is 4.89. The van der Waals surface area contributed by atoms with Gasteiger partial charge in [0.1, 0.15) is 5.82 Å². The normalized spacial score (nSPS) is 19.2. The lowest BCUT2D eigenvalue weighted by Gasteiger charge is -2.32. The molecule has 1 aliphatic rings. The topological polar surface area (TPSA) is 89.7 Å². The van der Waals surface area contributed by atoms with E-state index in [0.717, 1.165) is 26.2 Å². The molecular formula is C14H22N4O3. The molecule has 1 saturated heterocycles. The molecule has 0 saturated carbocycles. The Balaban J connectivity index is 1.97. The van der Waals surface area contributed by atoms with Crippen molar-refractivity contribution in [3.8, 4) is 0 Å². The summed E-state index contributed by atoms with van der Waals surface area (Å²) in [6.45, 7) is 6.31. The molecule has 7 nitrogen and oxygen atoms in total. The fourth-order valence-electron chi connectivity index (χ4n) is 2.23. The Morgan fingerprint density at radius 3 is 3.14 bits per heavy atom. The van der Waals surface area contributed by atoms with Crippen molar-refractivity contribution in [3.05, 3.63) is 17.8 Å². The van der Waals surface area contributed by atoms with Crippen LogP contribution in [0.15, 0.2) is 12.1 Å². The smallest absolute Gasteiger partial charge is 0.356 e. The van der Waals surface area contributed by atoms with E-state index in [1.165, 1.54) is 7.11 Å². The first-order valence-electron chi connectivity index (χ1n) is 7.06. The van der Waals surface area contributed by atoms with Crippen LogP contribution in [0.25, 0.3) is 0 Å². The molecule has 1 fully saturated rings. The summed E-state index contributed by atoms with van der Waals surface area (Å²) in [6.07, 6.45) is 0.0849. The van der Waals surface area contributed by atoms with Gasteiger partial charge >= 0.3 is 5.97 Å². The van der Waals surface area contributed by atoms with Crippen LogP contribution in [-0.2, 0) is 9.47 Å². The second kappa shape index (κ2) is 7.24. The van der Waals surface area contributed by atoms with Crippen molar-refractivity contribution in [1.82, 2.24) is 9.88 Å². The van der Waals surface area contributed by atoms with Crippen molar-refractivity contribution in [2.75, 3.05) is 50.9 Å². The molecule has 0 bridgehead atoms. The maximum absolute atomic E-state index is 11.5. The Labute approximate surface area is 124 Å². The minimum atomic E-state index is -0.482. The number of hydrogen-bond acceptors (Lipinski definition) is 7. The molecule has 116 valence electrons. The van der Waals surface area contributed by atoms with Crippen molar-refractivity contribution in [3.63, 3.8) is 0 Å². The van der Waals surface area contributed by atoms with E-state index in [2.05, 4.69) is 26.9 Å².